The molecule has 0 bridgehead atoms. The SMILES string of the molecule is Nc1cnccc1C(=O)Nc1nc2ccccc2[nH]1. The molecule has 94 valence electrons. The number of nitrogen functional groups attached to an aromatic ring is 1. The van der Waals surface area contributed by atoms with Gasteiger partial charge in [0.15, 0.2) is 0 Å². The van der Waals surface area contributed by atoms with Gasteiger partial charge in [0.2, 0.25) is 5.95 Å². The number of benzene rings is 1. The second-order valence-corrected chi connectivity index (χ2v) is 4.02. The third kappa shape index (κ3) is 2.11. The van der Waals surface area contributed by atoms with Crippen molar-refractivity contribution in [1.29, 1.82) is 0 Å². The van der Waals surface area contributed by atoms with E-state index in [4.69, 9.17) is 5.73 Å². The predicted molar refractivity (Wildman–Crippen MR) is 72.7 cm³/mol. The summed E-state index contributed by atoms with van der Waals surface area (Å²) in [5.74, 6) is 0.0707. The van der Waals surface area contributed by atoms with Crippen molar-refractivity contribution < 1.29 is 4.79 Å². The highest BCUT2D eigenvalue weighted by atomic mass is 16.1. The molecule has 4 N–H and O–H groups in total. The minimum Gasteiger partial charge on any atom is -0.397 e. The van der Waals surface area contributed by atoms with Crippen molar-refractivity contribution in [2.45, 2.75) is 0 Å². The maximum Gasteiger partial charge on any atom is 0.260 e. The van der Waals surface area contributed by atoms with Crippen LogP contribution in [0.1, 0.15) is 10.4 Å². The van der Waals surface area contributed by atoms with Crippen molar-refractivity contribution >= 4 is 28.6 Å². The van der Waals surface area contributed by atoms with Crippen LogP contribution in [-0.4, -0.2) is 20.9 Å². The summed E-state index contributed by atoms with van der Waals surface area (Å²) in [5.41, 5.74) is 8.05. The van der Waals surface area contributed by atoms with Gasteiger partial charge in [0.25, 0.3) is 5.91 Å². The number of para-hydroxylation sites is 2. The first-order valence-electron chi connectivity index (χ1n) is 5.69. The Morgan fingerprint density at radius 2 is 2.11 bits per heavy atom. The Morgan fingerprint density at radius 3 is 2.89 bits per heavy atom. The average Bonchev–Trinajstić information content (AvgIpc) is 2.81. The summed E-state index contributed by atoms with van der Waals surface area (Å²) in [6.45, 7) is 0. The fraction of sp³-hybridized carbons (Fsp3) is 0. The minimum atomic E-state index is -0.320. The van der Waals surface area contributed by atoms with Crippen LogP contribution in [-0.2, 0) is 0 Å². The second-order valence-electron chi connectivity index (χ2n) is 4.02. The molecule has 0 fully saturated rings. The maximum absolute atomic E-state index is 12.0. The number of carbonyl (C=O) groups is 1. The topological polar surface area (TPSA) is 96.7 Å². The van der Waals surface area contributed by atoms with E-state index in [1.807, 2.05) is 24.3 Å². The number of H-pyrrole nitrogens is 1. The van der Waals surface area contributed by atoms with Crippen LogP contribution < -0.4 is 11.1 Å². The fourth-order valence-corrected chi connectivity index (χ4v) is 1.80. The van der Waals surface area contributed by atoms with Crippen LogP contribution in [0.5, 0.6) is 0 Å². The Bertz CT molecular complexity index is 716. The largest absolute Gasteiger partial charge is 0.397 e. The number of nitrogens with one attached hydrogen (secondary N) is 2. The number of aromatic nitrogens is 3. The number of hydrogen-bond donors (Lipinski definition) is 3. The number of fused-ring (bicyclic) bond motifs is 1. The number of rotatable bonds is 2. The van der Waals surface area contributed by atoms with E-state index in [0.29, 0.717) is 17.2 Å². The minimum absolute atomic E-state index is 0.320. The molecule has 0 aliphatic carbocycles. The molecule has 3 rings (SSSR count). The van der Waals surface area contributed by atoms with Crippen LogP contribution in [0.3, 0.4) is 0 Å². The number of amides is 1. The molecule has 3 aromatic rings. The summed E-state index contributed by atoms with van der Waals surface area (Å²) in [7, 11) is 0. The first-order chi connectivity index (χ1) is 9.24. The second kappa shape index (κ2) is 4.41. The molecule has 2 aromatic heterocycles. The van der Waals surface area contributed by atoms with Gasteiger partial charge in [-0.25, -0.2) is 4.98 Å². The Hall–Kier alpha value is -2.89. The van der Waals surface area contributed by atoms with Crippen molar-refractivity contribution in [2.24, 2.45) is 0 Å². The van der Waals surface area contributed by atoms with E-state index in [1.54, 1.807) is 6.07 Å². The number of nitrogens with two attached hydrogens (primary N) is 1. The standard InChI is InChI=1S/C13H11N5O/c14-9-7-15-6-5-8(9)12(19)18-13-16-10-3-1-2-4-11(10)17-13/h1-7H,14H2,(H2,16,17,18,19). The first-order valence-corrected chi connectivity index (χ1v) is 5.69. The number of nitrogens with zero attached hydrogens (tertiary/aromatic N) is 2. The highest BCUT2D eigenvalue weighted by Gasteiger charge is 2.11. The number of pyridine rings is 1. The van der Waals surface area contributed by atoms with E-state index in [9.17, 15) is 4.79 Å². The summed E-state index contributed by atoms with van der Waals surface area (Å²) in [6.07, 6.45) is 2.96. The Labute approximate surface area is 108 Å². The van der Waals surface area contributed by atoms with Gasteiger partial charge >= 0.3 is 0 Å². The molecule has 0 unspecified atom stereocenters. The molecular formula is C13H11N5O. The molecule has 0 aliphatic rings. The summed E-state index contributed by atoms with van der Waals surface area (Å²) in [6, 6.07) is 9.09. The summed E-state index contributed by atoms with van der Waals surface area (Å²) < 4.78 is 0. The molecule has 19 heavy (non-hydrogen) atoms. The number of imidazole rings is 1. The maximum atomic E-state index is 12.0. The van der Waals surface area contributed by atoms with Gasteiger partial charge < -0.3 is 10.7 Å². The van der Waals surface area contributed by atoms with E-state index in [-0.39, 0.29) is 5.91 Å². The predicted octanol–water partition coefficient (Wildman–Crippen LogP) is 1.79. The molecule has 0 aliphatic heterocycles. The Kier molecular flexibility index (Phi) is 2.60. The van der Waals surface area contributed by atoms with Crippen LogP contribution in [0.4, 0.5) is 11.6 Å². The van der Waals surface area contributed by atoms with Crippen LogP contribution in [0, 0.1) is 0 Å². The monoisotopic (exact) mass is 253 g/mol. The van der Waals surface area contributed by atoms with Gasteiger partial charge in [-0.1, -0.05) is 12.1 Å². The van der Waals surface area contributed by atoms with Crippen molar-refractivity contribution in [3.8, 4) is 0 Å². The normalized spacial score (nSPS) is 10.5. The van der Waals surface area contributed by atoms with Crippen molar-refractivity contribution in [3.63, 3.8) is 0 Å². The van der Waals surface area contributed by atoms with Crippen molar-refractivity contribution in [1.82, 2.24) is 15.0 Å². The zero-order valence-electron chi connectivity index (χ0n) is 9.92. The smallest absolute Gasteiger partial charge is 0.260 e. The van der Waals surface area contributed by atoms with Gasteiger partial charge in [0.1, 0.15) is 0 Å². The number of aromatic amines is 1. The van der Waals surface area contributed by atoms with Crippen LogP contribution in [0.25, 0.3) is 11.0 Å². The van der Waals surface area contributed by atoms with Crippen molar-refractivity contribution in [2.75, 3.05) is 11.1 Å². The molecule has 0 spiro atoms. The van der Waals surface area contributed by atoms with E-state index >= 15 is 0 Å². The lowest BCUT2D eigenvalue weighted by atomic mass is 10.2. The number of anilines is 2. The zero-order chi connectivity index (χ0) is 13.2. The molecule has 6 nitrogen and oxygen atoms in total. The number of carbonyl (C=O) groups excluding carboxylic acids is 1. The Balaban J connectivity index is 1.89. The molecule has 1 amide bonds. The average molecular weight is 253 g/mol. The van der Waals surface area contributed by atoms with E-state index in [0.717, 1.165) is 11.0 Å². The number of hydrogen-bond acceptors (Lipinski definition) is 4. The molecule has 0 atom stereocenters. The quantitative estimate of drug-likeness (QED) is 0.648. The first kappa shape index (κ1) is 11.2. The molecule has 0 saturated carbocycles. The van der Waals surface area contributed by atoms with Gasteiger partial charge in [-0.05, 0) is 18.2 Å². The highest BCUT2D eigenvalue weighted by molar-refractivity contribution is 6.07. The molecule has 2 heterocycles. The molecule has 1 aromatic carbocycles. The molecule has 0 radical (unpaired) electrons. The van der Waals surface area contributed by atoms with Gasteiger partial charge in [0.05, 0.1) is 28.5 Å². The molecular weight excluding hydrogens is 242 g/mol. The lowest BCUT2D eigenvalue weighted by molar-refractivity contribution is 0.102. The third-order valence-corrected chi connectivity index (χ3v) is 2.72. The fourth-order valence-electron chi connectivity index (χ4n) is 1.80. The lowest BCUT2D eigenvalue weighted by Gasteiger charge is -2.03. The van der Waals surface area contributed by atoms with E-state index < -0.39 is 0 Å². The van der Waals surface area contributed by atoms with Crippen LogP contribution in [0.15, 0.2) is 42.7 Å². The summed E-state index contributed by atoms with van der Waals surface area (Å²) >= 11 is 0. The summed E-state index contributed by atoms with van der Waals surface area (Å²) in [5, 5.41) is 2.68. The molecule has 0 saturated heterocycles. The van der Waals surface area contributed by atoms with Gasteiger partial charge in [-0.15, -0.1) is 0 Å². The lowest BCUT2D eigenvalue weighted by Crippen LogP contribution is -2.15. The third-order valence-electron chi connectivity index (χ3n) is 2.72. The van der Waals surface area contributed by atoms with Crippen LogP contribution >= 0.6 is 0 Å². The van der Waals surface area contributed by atoms with Gasteiger partial charge in [-0.3, -0.25) is 15.1 Å². The van der Waals surface area contributed by atoms with Crippen molar-refractivity contribution in [3.05, 3.63) is 48.3 Å². The van der Waals surface area contributed by atoms with Gasteiger partial charge in [-0.2, -0.15) is 0 Å². The Morgan fingerprint density at radius 1 is 1.26 bits per heavy atom. The zero-order valence-corrected chi connectivity index (χ0v) is 9.92. The summed E-state index contributed by atoms with van der Waals surface area (Å²) in [4.78, 5) is 23.2. The van der Waals surface area contributed by atoms with Gasteiger partial charge in [0, 0.05) is 6.20 Å². The highest BCUT2D eigenvalue weighted by Crippen LogP contribution is 2.15. The van der Waals surface area contributed by atoms with E-state index in [2.05, 4.69) is 20.3 Å². The molecule has 6 heteroatoms. The van der Waals surface area contributed by atoms with E-state index in [1.165, 1.54) is 12.4 Å². The van der Waals surface area contributed by atoms with Crippen LogP contribution in [0.2, 0.25) is 0 Å².